The molecule has 0 aliphatic carbocycles. The molecule has 122 valence electrons. The number of halogens is 4. The smallest absolute Gasteiger partial charge is 0.243 e. The number of benzene rings is 2. The molecule has 0 amide bonds. The van der Waals surface area contributed by atoms with Gasteiger partial charge in [0.05, 0.1) is 5.56 Å². The molecule has 0 atom stereocenters. The molecule has 3 rings (SSSR count). The fourth-order valence-corrected chi connectivity index (χ4v) is 5.32. The molecule has 0 N–H and O–H groups in total. The van der Waals surface area contributed by atoms with Crippen LogP contribution in [-0.2, 0) is 6.42 Å². The van der Waals surface area contributed by atoms with Gasteiger partial charge in [0.15, 0.2) is 5.78 Å². The van der Waals surface area contributed by atoms with Crippen molar-refractivity contribution in [3.63, 3.8) is 0 Å². The molecule has 0 fully saturated rings. The minimum atomic E-state index is -0.266. The number of hydrogen-bond donors (Lipinski definition) is 0. The van der Waals surface area contributed by atoms with Crippen molar-refractivity contribution in [1.82, 2.24) is 0 Å². The first-order valence-corrected chi connectivity index (χ1v) is 9.91. The lowest BCUT2D eigenvalue weighted by atomic mass is 10.0. The van der Waals surface area contributed by atoms with E-state index in [1.54, 1.807) is 24.3 Å². The van der Waals surface area contributed by atoms with Crippen LogP contribution in [0.1, 0.15) is 15.9 Å². The third-order valence-corrected chi connectivity index (χ3v) is 6.10. The maximum Gasteiger partial charge on any atom is 0.243 e. The van der Waals surface area contributed by atoms with Crippen LogP contribution < -0.4 is 4.74 Å². The van der Waals surface area contributed by atoms with Crippen molar-refractivity contribution in [2.45, 2.75) is 6.42 Å². The minimum absolute atomic E-state index is 0.0532. The van der Waals surface area contributed by atoms with Crippen molar-refractivity contribution in [3.05, 3.63) is 76.1 Å². The van der Waals surface area contributed by atoms with E-state index in [0.717, 1.165) is 30.4 Å². The van der Waals surface area contributed by atoms with Gasteiger partial charge in [0.2, 0.25) is 4.74 Å². The Hall–Kier alpha value is -0.720. The highest BCUT2D eigenvalue weighted by atomic mass is 79.9. The summed E-state index contributed by atoms with van der Waals surface area (Å²) in [6.07, 6.45) is 0.0532. The summed E-state index contributed by atoms with van der Waals surface area (Å²) >= 11 is 19.9. The van der Waals surface area contributed by atoms with Crippen molar-refractivity contribution in [3.8, 4) is 0 Å². The van der Waals surface area contributed by atoms with Crippen LogP contribution in [-0.4, -0.2) is 5.78 Å². The first-order chi connectivity index (χ1) is 11.3. The van der Waals surface area contributed by atoms with Crippen LogP contribution in [0.5, 0.6) is 0 Å². The third kappa shape index (κ3) is 3.75. The standard InChI is InChI=1S/C17H8Br2Cl2O2S/c18-9-4-13(19)11-7-12(17(23)24-16(11)5-9)15(22)3-8-1-2-10(20)6-14(8)21/h1-2,4-7H,3H2. The largest absolute Gasteiger partial charge is 0.294 e. The molecular weight excluding hydrogens is 499 g/mol. The quantitative estimate of drug-likeness (QED) is 0.379. The summed E-state index contributed by atoms with van der Waals surface area (Å²) in [4.78, 5) is 24.9. The minimum Gasteiger partial charge on any atom is -0.294 e. The summed E-state index contributed by atoms with van der Waals surface area (Å²) < 4.78 is 2.23. The molecule has 7 heteroatoms. The first-order valence-electron chi connectivity index (χ1n) is 6.75. The highest BCUT2D eigenvalue weighted by Gasteiger charge is 2.16. The molecule has 2 aromatic carbocycles. The topological polar surface area (TPSA) is 34.1 Å². The van der Waals surface area contributed by atoms with E-state index in [1.807, 2.05) is 12.1 Å². The van der Waals surface area contributed by atoms with Crippen molar-refractivity contribution in [2.24, 2.45) is 0 Å². The van der Waals surface area contributed by atoms with Crippen LogP contribution >= 0.6 is 66.4 Å². The second-order valence-corrected chi connectivity index (χ2v) is 8.71. The molecule has 0 unspecified atom stereocenters. The summed E-state index contributed by atoms with van der Waals surface area (Å²) in [7, 11) is 0. The molecule has 0 spiro atoms. The molecule has 1 aromatic heterocycles. The Kier molecular flexibility index (Phi) is 5.47. The molecule has 0 saturated carbocycles. The zero-order valence-corrected chi connectivity index (χ0v) is 17.4. The predicted octanol–water partition coefficient (Wildman–Crippen LogP) is 6.52. The Bertz CT molecular complexity index is 1030. The zero-order valence-electron chi connectivity index (χ0n) is 11.9. The van der Waals surface area contributed by atoms with E-state index < -0.39 is 0 Å². The summed E-state index contributed by atoms with van der Waals surface area (Å²) in [6.45, 7) is 0. The molecule has 1 heterocycles. The van der Waals surface area contributed by atoms with E-state index in [-0.39, 0.29) is 22.5 Å². The van der Waals surface area contributed by atoms with Crippen LogP contribution in [0, 0.1) is 0 Å². The average Bonchev–Trinajstić information content (AvgIpc) is 2.49. The lowest BCUT2D eigenvalue weighted by Gasteiger charge is -2.06. The van der Waals surface area contributed by atoms with Gasteiger partial charge in [0.1, 0.15) is 0 Å². The highest BCUT2D eigenvalue weighted by molar-refractivity contribution is 9.11. The van der Waals surface area contributed by atoms with Gasteiger partial charge in [0.25, 0.3) is 0 Å². The molecule has 0 aliphatic heterocycles. The Morgan fingerprint density at radius 3 is 2.54 bits per heavy atom. The monoisotopic (exact) mass is 504 g/mol. The van der Waals surface area contributed by atoms with Crippen LogP contribution in [0.3, 0.4) is 0 Å². The van der Waals surface area contributed by atoms with Crippen molar-refractivity contribution < 1.29 is 4.79 Å². The Morgan fingerprint density at radius 2 is 1.83 bits per heavy atom. The predicted molar refractivity (Wildman–Crippen MR) is 108 cm³/mol. The molecular formula is C17H8Br2Cl2O2S. The summed E-state index contributed by atoms with van der Waals surface area (Å²) in [5.41, 5.74) is 0.812. The van der Waals surface area contributed by atoms with E-state index in [1.165, 1.54) is 0 Å². The number of carbonyl (C=O) groups is 1. The molecule has 2 nitrogen and oxygen atoms in total. The fraction of sp³-hybridized carbons (Fsp3) is 0.0588. The van der Waals surface area contributed by atoms with Crippen molar-refractivity contribution in [2.75, 3.05) is 0 Å². The number of fused-ring (bicyclic) bond motifs is 1. The van der Waals surface area contributed by atoms with E-state index in [4.69, 9.17) is 23.2 Å². The van der Waals surface area contributed by atoms with Gasteiger partial charge in [0, 0.05) is 35.5 Å². The van der Waals surface area contributed by atoms with Gasteiger partial charge >= 0.3 is 0 Å². The van der Waals surface area contributed by atoms with Gasteiger partial charge in [-0.15, -0.1) is 0 Å². The summed E-state index contributed by atoms with van der Waals surface area (Å²) in [5.74, 6) is -0.266. The van der Waals surface area contributed by atoms with Gasteiger partial charge in [-0.25, -0.2) is 0 Å². The number of ketones is 1. The van der Waals surface area contributed by atoms with E-state index in [9.17, 15) is 9.59 Å². The molecule has 0 saturated heterocycles. The molecule has 0 bridgehead atoms. The number of Topliss-reactive ketones (excluding diaryl/α,β-unsaturated/α-hetero) is 1. The zero-order chi connectivity index (χ0) is 17.4. The first kappa shape index (κ1) is 18.1. The molecule has 0 radical (unpaired) electrons. The Morgan fingerprint density at radius 1 is 1.08 bits per heavy atom. The lowest BCUT2D eigenvalue weighted by molar-refractivity contribution is 0.0992. The van der Waals surface area contributed by atoms with Crippen LogP contribution in [0.15, 0.2) is 50.1 Å². The van der Waals surface area contributed by atoms with Crippen molar-refractivity contribution >= 4 is 82.3 Å². The van der Waals surface area contributed by atoms with Gasteiger partial charge < -0.3 is 0 Å². The van der Waals surface area contributed by atoms with Crippen molar-refractivity contribution in [1.29, 1.82) is 0 Å². The molecule has 0 aliphatic rings. The lowest BCUT2D eigenvalue weighted by Crippen LogP contribution is -2.14. The van der Waals surface area contributed by atoms with Gasteiger partial charge in [-0.1, -0.05) is 72.5 Å². The van der Waals surface area contributed by atoms with E-state index >= 15 is 0 Å². The Balaban J connectivity index is 2.03. The summed E-state index contributed by atoms with van der Waals surface area (Å²) in [6, 6.07) is 10.3. The SMILES string of the molecule is O=C(Cc1ccc(Cl)cc1Cl)c1cc2c(Br)cc(Br)cc2sc1=O. The Labute approximate surface area is 168 Å². The summed E-state index contributed by atoms with van der Waals surface area (Å²) in [5, 5.41) is 1.74. The normalized spacial score (nSPS) is 11.0. The van der Waals surface area contributed by atoms with Crippen LogP contribution in [0.4, 0.5) is 0 Å². The second kappa shape index (κ2) is 7.26. The fourth-order valence-electron chi connectivity index (χ4n) is 2.27. The van der Waals surface area contributed by atoms with E-state index in [2.05, 4.69) is 31.9 Å². The van der Waals surface area contributed by atoms with Crippen LogP contribution in [0.2, 0.25) is 10.0 Å². The second-order valence-electron chi connectivity index (χ2n) is 5.08. The van der Waals surface area contributed by atoms with Gasteiger partial charge in [-0.05, 0) is 35.9 Å². The number of carbonyl (C=O) groups excluding carboxylic acids is 1. The molecule has 3 aromatic rings. The maximum absolute atomic E-state index is 12.6. The highest BCUT2D eigenvalue weighted by Crippen LogP contribution is 2.30. The van der Waals surface area contributed by atoms with E-state index in [0.29, 0.717) is 15.6 Å². The number of hydrogen-bond acceptors (Lipinski definition) is 3. The maximum atomic E-state index is 12.6. The molecule has 24 heavy (non-hydrogen) atoms. The van der Waals surface area contributed by atoms with Crippen LogP contribution in [0.25, 0.3) is 10.1 Å². The third-order valence-electron chi connectivity index (χ3n) is 3.43. The van der Waals surface area contributed by atoms with Gasteiger partial charge in [-0.3, -0.25) is 9.59 Å². The number of rotatable bonds is 3. The van der Waals surface area contributed by atoms with Gasteiger partial charge in [-0.2, -0.15) is 0 Å². The average molecular weight is 507 g/mol.